The standard InChI is InChI=1S/C14H16BrNS2/c1-16-12(8-14-7-11(15)9-17-14)10-18-13-5-3-2-4-6-13/h2-7,9,12,16H,8,10H2,1H3. The summed E-state index contributed by atoms with van der Waals surface area (Å²) in [7, 11) is 2.04. The molecular weight excluding hydrogens is 326 g/mol. The highest BCUT2D eigenvalue weighted by atomic mass is 79.9. The highest BCUT2D eigenvalue weighted by Gasteiger charge is 2.09. The van der Waals surface area contributed by atoms with Gasteiger partial charge in [-0.3, -0.25) is 0 Å². The largest absolute Gasteiger partial charge is 0.316 e. The van der Waals surface area contributed by atoms with Gasteiger partial charge in [-0.1, -0.05) is 18.2 Å². The van der Waals surface area contributed by atoms with E-state index >= 15 is 0 Å². The fourth-order valence-corrected chi connectivity index (χ4v) is 4.22. The van der Waals surface area contributed by atoms with Gasteiger partial charge < -0.3 is 5.32 Å². The Morgan fingerprint density at radius 1 is 1.33 bits per heavy atom. The van der Waals surface area contributed by atoms with Crippen molar-refractivity contribution >= 4 is 39.0 Å². The highest BCUT2D eigenvalue weighted by molar-refractivity contribution is 9.10. The van der Waals surface area contributed by atoms with Crippen LogP contribution in [0.15, 0.2) is 51.1 Å². The van der Waals surface area contributed by atoms with Crippen molar-refractivity contribution in [2.75, 3.05) is 12.8 Å². The minimum Gasteiger partial charge on any atom is -0.316 e. The third kappa shape index (κ3) is 4.43. The number of hydrogen-bond acceptors (Lipinski definition) is 3. The number of rotatable bonds is 6. The van der Waals surface area contributed by atoms with E-state index in [1.165, 1.54) is 14.2 Å². The van der Waals surface area contributed by atoms with Crippen LogP contribution in [0.25, 0.3) is 0 Å². The van der Waals surface area contributed by atoms with Crippen LogP contribution in [-0.2, 0) is 6.42 Å². The summed E-state index contributed by atoms with van der Waals surface area (Å²) in [6, 6.07) is 13.3. The van der Waals surface area contributed by atoms with Gasteiger partial charge in [0.1, 0.15) is 0 Å². The second-order valence-electron chi connectivity index (χ2n) is 4.05. The first-order valence-corrected chi connectivity index (χ1v) is 8.52. The van der Waals surface area contributed by atoms with E-state index in [1.54, 1.807) is 0 Å². The zero-order chi connectivity index (χ0) is 12.8. The molecule has 0 spiro atoms. The lowest BCUT2D eigenvalue weighted by Crippen LogP contribution is -2.29. The molecule has 0 aliphatic heterocycles. The Morgan fingerprint density at radius 3 is 2.72 bits per heavy atom. The Morgan fingerprint density at radius 2 is 2.11 bits per heavy atom. The van der Waals surface area contributed by atoms with Crippen LogP contribution in [0.2, 0.25) is 0 Å². The van der Waals surface area contributed by atoms with E-state index in [-0.39, 0.29) is 0 Å². The van der Waals surface area contributed by atoms with Gasteiger partial charge in [-0.25, -0.2) is 0 Å². The second kappa shape index (κ2) is 7.34. The van der Waals surface area contributed by atoms with Crippen molar-refractivity contribution in [2.45, 2.75) is 17.4 Å². The van der Waals surface area contributed by atoms with Gasteiger partial charge >= 0.3 is 0 Å². The first-order chi connectivity index (χ1) is 8.78. The zero-order valence-electron chi connectivity index (χ0n) is 10.2. The summed E-state index contributed by atoms with van der Waals surface area (Å²) in [6.07, 6.45) is 1.09. The number of nitrogens with one attached hydrogen (secondary N) is 1. The average Bonchev–Trinajstić information content (AvgIpc) is 2.81. The van der Waals surface area contributed by atoms with Gasteiger partial charge in [0.15, 0.2) is 0 Å². The lowest BCUT2D eigenvalue weighted by atomic mass is 10.2. The highest BCUT2D eigenvalue weighted by Crippen LogP contribution is 2.23. The van der Waals surface area contributed by atoms with Crippen LogP contribution in [0, 0.1) is 0 Å². The molecule has 1 heterocycles. The molecule has 1 aromatic heterocycles. The number of likely N-dealkylation sites (N-methyl/N-ethyl adjacent to an activating group) is 1. The fraction of sp³-hybridized carbons (Fsp3) is 0.286. The summed E-state index contributed by atoms with van der Waals surface area (Å²) < 4.78 is 1.19. The van der Waals surface area contributed by atoms with Crippen molar-refractivity contribution in [1.82, 2.24) is 5.32 Å². The van der Waals surface area contributed by atoms with E-state index in [0.29, 0.717) is 6.04 Å². The normalized spacial score (nSPS) is 12.6. The van der Waals surface area contributed by atoms with Crippen molar-refractivity contribution in [3.63, 3.8) is 0 Å². The Balaban J connectivity index is 1.86. The molecule has 0 fully saturated rings. The van der Waals surface area contributed by atoms with Gasteiger partial charge in [0.2, 0.25) is 0 Å². The van der Waals surface area contributed by atoms with E-state index in [9.17, 15) is 0 Å². The molecule has 18 heavy (non-hydrogen) atoms. The smallest absolute Gasteiger partial charge is 0.0285 e. The van der Waals surface area contributed by atoms with Crippen molar-refractivity contribution < 1.29 is 0 Å². The van der Waals surface area contributed by atoms with Crippen molar-refractivity contribution in [2.24, 2.45) is 0 Å². The Bertz CT molecular complexity index is 470. The maximum Gasteiger partial charge on any atom is 0.0285 e. The zero-order valence-corrected chi connectivity index (χ0v) is 13.4. The summed E-state index contributed by atoms with van der Waals surface area (Å²) in [4.78, 5) is 2.76. The van der Waals surface area contributed by atoms with E-state index in [4.69, 9.17) is 0 Å². The van der Waals surface area contributed by atoms with Crippen LogP contribution in [0.3, 0.4) is 0 Å². The van der Waals surface area contributed by atoms with Gasteiger partial charge in [0, 0.05) is 31.4 Å². The molecule has 0 aliphatic carbocycles. The molecule has 4 heteroatoms. The lowest BCUT2D eigenvalue weighted by molar-refractivity contribution is 0.622. The fourth-order valence-electron chi connectivity index (χ4n) is 1.66. The molecule has 0 saturated carbocycles. The number of halogens is 1. The molecule has 1 nitrogen and oxygen atoms in total. The lowest BCUT2D eigenvalue weighted by Gasteiger charge is -2.14. The Kier molecular flexibility index (Phi) is 5.76. The van der Waals surface area contributed by atoms with Crippen molar-refractivity contribution in [3.05, 3.63) is 51.1 Å². The third-order valence-electron chi connectivity index (χ3n) is 2.67. The van der Waals surface area contributed by atoms with Crippen LogP contribution >= 0.6 is 39.0 Å². The molecule has 0 amide bonds. The molecule has 0 aliphatic rings. The van der Waals surface area contributed by atoms with Gasteiger partial charge in [-0.05, 0) is 47.6 Å². The number of thiophene rings is 1. The predicted molar refractivity (Wildman–Crippen MR) is 85.7 cm³/mol. The van der Waals surface area contributed by atoms with Gasteiger partial charge in [0.05, 0.1) is 0 Å². The molecule has 0 radical (unpaired) electrons. The van der Waals surface area contributed by atoms with Crippen LogP contribution in [0.4, 0.5) is 0 Å². The average molecular weight is 342 g/mol. The Labute approximate surface area is 125 Å². The second-order valence-corrected chi connectivity index (χ2v) is 7.05. The summed E-state index contributed by atoms with van der Waals surface area (Å²) in [5, 5.41) is 5.55. The Hall–Kier alpha value is -0.290. The van der Waals surface area contributed by atoms with E-state index in [2.05, 4.69) is 63.0 Å². The van der Waals surface area contributed by atoms with Crippen LogP contribution in [0.5, 0.6) is 0 Å². The number of hydrogen-bond donors (Lipinski definition) is 1. The summed E-state index contributed by atoms with van der Waals surface area (Å²) in [5.74, 6) is 1.09. The maximum absolute atomic E-state index is 3.50. The molecule has 1 unspecified atom stereocenters. The first-order valence-electron chi connectivity index (χ1n) is 5.86. The van der Waals surface area contributed by atoms with E-state index < -0.39 is 0 Å². The third-order valence-corrected chi connectivity index (χ3v) is 5.57. The predicted octanol–water partition coefficient (Wildman–Crippen LogP) is 4.43. The SMILES string of the molecule is CNC(CSc1ccccc1)Cc1cc(Br)cs1. The molecule has 1 N–H and O–H groups in total. The van der Waals surface area contributed by atoms with Gasteiger partial charge in [0.25, 0.3) is 0 Å². The summed E-state index contributed by atoms with van der Waals surface area (Å²) in [5.41, 5.74) is 0. The van der Waals surface area contributed by atoms with E-state index in [0.717, 1.165) is 12.2 Å². The van der Waals surface area contributed by atoms with Crippen molar-refractivity contribution in [1.29, 1.82) is 0 Å². The maximum atomic E-state index is 3.50. The van der Waals surface area contributed by atoms with Crippen molar-refractivity contribution in [3.8, 4) is 0 Å². The van der Waals surface area contributed by atoms with Crippen LogP contribution in [0.1, 0.15) is 4.88 Å². The van der Waals surface area contributed by atoms with Crippen LogP contribution < -0.4 is 5.32 Å². The molecule has 1 atom stereocenters. The monoisotopic (exact) mass is 341 g/mol. The summed E-state index contributed by atoms with van der Waals surface area (Å²) in [6.45, 7) is 0. The van der Waals surface area contributed by atoms with Gasteiger partial charge in [-0.15, -0.1) is 23.1 Å². The first kappa shape index (κ1) is 14.1. The quantitative estimate of drug-likeness (QED) is 0.780. The minimum absolute atomic E-state index is 0.515. The molecule has 96 valence electrons. The topological polar surface area (TPSA) is 12.0 Å². The number of benzene rings is 1. The minimum atomic E-state index is 0.515. The molecular formula is C14H16BrNS2. The van der Waals surface area contributed by atoms with E-state index in [1.807, 2.05) is 30.1 Å². The summed E-state index contributed by atoms with van der Waals surface area (Å²) >= 11 is 7.23. The van der Waals surface area contributed by atoms with Gasteiger partial charge in [-0.2, -0.15) is 0 Å². The molecule has 2 aromatic rings. The van der Waals surface area contributed by atoms with Crippen LogP contribution in [-0.4, -0.2) is 18.8 Å². The number of thioether (sulfide) groups is 1. The molecule has 2 rings (SSSR count). The molecule has 0 saturated heterocycles. The molecule has 1 aromatic carbocycles. The molecule has 0 bridgehead atoms.